The number of thiophene rings is 1. The molecule has 12 heavy (non-hydrogen) atoms. The number of rotatable bonds is 3. The summed E-state index contributed by atoms with van der Waals surface area (Å²) >= 11 is 1.45. The van der Waals surface area contributed by atoms with E-state index in [1.807, 2.05) is 13.0 Å². The van der Waals surface area contributed by atoms with Gasteiger partial charge in [-0.05, 0) is 26.0 Å². The van der Waals surface area contributed by atoms with Crippen LogP contribution in [-0.2, 0) is 4.79 Å². The third kappa shape index (κ3) is 2.23. The van der Waals surface area contributed by atoms with Crippen molar-refractivity contribution >= 4 is 17.3 Å². The molecule has 1 aromatic rings. The fourth-order valence-corrected chi connectivity index (χ4v) is 1.48. The molecule has 0 amide bonds. The molecule has 0 spiro atoms. The van der Waals surface area contributed by atoms with Crippen molar-refractivity contribution in [3.8, 4) is 5.06 Å². The molecule has 1 N–H and O–H groups in total. The Morgan fingerprint density at radius 1 is 1.67 bits per heavy atom. The van der Waals surface area contributed by atoms with Crippen molar-refractivity contribution in [2.24, 2.45) is 0 Å². The van der Waals surface area contributed by atoms with Gasteiger partial charge in [-0.3, -0.25) is 0 Å². The van der Waals surface area contributed by atoms with Crippen molar-refractivity contribution in [3.05, 3.63) is 17.0 Å². The minimum atomic E-state index is -0.943. The van der Waals surface area contributed by atoms with Crippen molar-refractivity contribution in [1.29, 1.82) is 0 Å². The van der Waals surface area contributed by atoms with Gasteiger partial charge in [0.15, 0.2) is 11.2 Å². The first-order valence-electron chi connectivity index (χ1n) is 3.55. The summed E-state index contributed by atoms with van der Waals surface area (Å²) in [4.78, 5) is 11.5. The summed E-state index contributed by atoms with van der Waals surface area (Å²) in [6.45, 7) is 3.46. The van der Waals surface area contributed by atoms with Crippen LogP contribution in [0.2, 0.25) is 0 Å². The van der Waals surface area contributed by atoms with Gasteiger partial charge in [0.05, 0.1) is 0 Å². The summed E-state index contributed by atoms with van der Waals surface area (Å²) in [6, 6.07) is 3.67. The molecule has 1 rings (SSSR count). The van der Waals surface area contributed by atoms with Crippen LogP contribution in [0.25, 0.3) is 0 Å². The Hall–Kier alpha value is -1.03. The van der Waals surface area contributed by atoms with E-state index in [4.69, 9.17) is 9.84 Å². The smallest absolute Gasteiger partial charge is 0.344 e. The zero-order valence-corrected chi connectivity index (χ0v) is 7.72. The minimum Gasteiger partial charge on any atom is -0.479 e. The van der Waals surface area contributed by atoms with Crippen LogP contribution in [-0.4, -0.2) is 17.2 Å². The van der Waals surface area contributed by atoms with Gasteiger partial charge in [-0.25, -0.2) is 4.79 Å². The highest BCUT2D eigenvalue weighted by molar-refractivity contribution is 7.13. The zero-order chi connectivity index (χ0) is 9.14. The first-order chi connectivity index (χ1) is 5.59. The fraction of sp³-hybridized carbons (Fsp3) is 0.375. The predicted octanol–water partition coefficient (Wildman–Crippen LogP) is 1.91. The van der Waals surface area contributed by atoms with Crippen LogP contribution in [0.5, 0.6) is 5.06 Å². The third-order valence-electron chi connectivity index (χ3n) is 1.36. The van der Waals surface area contributed by atoms with E-state index in [-0.39, 0.29) is 0 Å². The van der Waals surface area contributed by atoms with Gasteiger partial charge in [0.25, 0.3) is 0 Å². The van der Waals surface area contributed by atoms with E-state index in [9.17, 15) is 4.79 Å². The van der Waals surface area contributed by atoms with Gasteiger partial charge in [0, 0.05) is 4.88 Å². The summed E-state index contributed by atoms with van der Waals surface area (Å²) in [5.41, 5.74) is 0. The molecule has 0 aliphatic heterocycles. The quantitative estimate of drug-likeness (QED) is 0.784. The van der Waals surface area contributed by atoms with E-state index in [0.717, 1.165) is 4.88 Å². The number of aliphatic carboxylic acids is 1. The lowest BCUT2D eigenvalue weighted by molar-refractivity contribution is -0.144. The second kappa shape index (κ2) is 3.58. The number of aryl methyl sites for hydroxylation is 1. The Labute approximate surface area is 74.6 Å². The van der Waals surface area contributed by atoms with Gasteiger partial charge in [-0.2, -0.15) is 0 Å². The molecule has 0 aliphatic rings. The Balaban J connectivity index is 2.58. The molecule has 0 aliphatic carbocycles. The highest BCUT2D eigenvalue weighted by atomic mass is 32.1. The number of carbonyl (C=O) groups is 1. The number of ether oxygens (including phenoxy) is 1. The molecule has 1 unspecified atom stereocenters. The Morgan fingerprint density at radius 2 is 2.33 bits per heavy atom. The van der Waals surface area contributed by atoms with Crippen molar-refractivity contribution < 1.29 is 14.6 Å². The second-order valence-corrected chi connectivity index (χ2v) is 3.71. The van der Waals surface area contributed by atoms with E-state index in [2.05, 4.69) is 0 Å². The van der Waals surface area contributed by atoms with E-state index in [1.165, 1.54) is 18.3 Å². The Bertz CT molecular complexity index is 280. The summed E-state index contributed by atoms with van der Waals surface area (Å²) in [5, 5.41) is 9.18. The number of hydrogen-bond donors (Lipinski definition) is 1. The normalized spacial score (nSPS) is 12.5. The Kier molecular flexibility index (Phi) is 2.70. The first-order valence-corrected chi connectivity index (χ1v) is 4.37. The lowest BCUT2D eigenvalue weighted by atomic mass is 10.4. The topological polar surface area (TPSA) is 46.5 Å². The first kappa shape index (κ1) is 9.06. The molecule has 0 saturated heterocycles. The van der Waals surface area contributed by atoms with E-state index < -0.39 is 12.1 Å². The van der Waals surface area contributed by atoms with Gasteiger partial charge in [-0.15, -0.1) is 11.3 Å². The lowest BCUT2D eigenvalue weighted by Gasteiger charge is -2.06. The van der Waals surface area contributed by atoms with E-state index in [0.29, 0.717) is 5.06 Å². The second-order valence-electron chi connectivity index (χ2n) is 2.46. The molecule has 66 valence electrons. The SMILES string of the molecule is Cc1ccc(OC(C)C(=O)O)s1. The van der Waals surface area contributed by atoms with Gasteiger partial charge in [0.1, 0.15) is 0 Å². The van der Waals surface area contributed by atoms with Gasteiger partial charge < -0.3 is 9.84 Å². The maximum Gasteiger partial charge on any atom is 0.344 e. The maximum absolute atomic E-state index is 10.4. The molecule has 1 aromatic heterocycles. The average Bonchev–Trinajstić information content (AvgIpc) is 2.35. The molecule has 0 saturated carbocycles. The fourth-order valence-electron chi connectivity index (χ4n) is 0.700. The summed E-state index contributed by atoms with van der Waals surface area (Å²) in [5.74, 6) is -0.943. The molecule has 1 atom stereocenters. The molecule has 4 heteroatoms. The molecule has 0 fully saturated rings. The van der Waals surface area contributed by atoms with E-state index in [1.54, 1.807) is 6.07 Å². The molecular formula is C8H10O3S. The van der Waals surface area contributed by atoms with Crippen LogP contribution in [0.15, 0.2) is 12.1 Å². The Morgan fingerprint density at radius 3 is 2.75 bits per heavy atom. The van der Waals surface area contributed by atoms with Crippen molar-refractivity contribution in [2.75, 3.05) is 0 Å². The van der Waals surface area contributed by atoms with Gasteiger partial charge in [-0.1, -0.05) is 0 Å². The average molecular weight is 186 g/mol. The zero-order valence-electron chi connectivity index (χ0n) is 6.90. The van der Waals surface area contributed by atoms with Crippen LogP contribution in [0.3, 0.4) is 0 Å². The summed E-state index contributed by atoms with van der Waals surface area (Å²) in [6.07, 6.45) is -0.775. The van der Waals surface area contributed by atoms with Crippen molar-refractivity contribution in [1.82, 2.24) is 0 Å². The lowest BCUT2D eigenvalue weighted by Crippen LogP contribution is -2.22. The third-order valence-corrected chi connectivity index (χ3v) is 2.25. The number of carboxylic acid groups (broad SMARTS) is 1. The summed E-state index contributed by atoms with van der Waals surface area (Å²) in [7, 11) is 0. The summed E-state index contributed by atoms with van der Waals surface area (Å²) < 4.78 is 5.12. The predicted molar refractivity (Wildman–Crippen MR) is 46.8 cm³/mol. The monoisotopic (exact) mass is 186 g/mol. The number of carboxylic acids is 1. The van der Waals surface area contributed by atoms with Crippen LogP contribution in [0, 0.1) is 6.92 Å². The largest absolute Gasteiger partial charge is 0.479 e. The minimum absolute atomic E-state index is 0.655. The molecule has 0 aromatic carbocycles. The molecule has 0 radical (unpaired) electrons. The molecule has 3 nitrogen and oxygen atoms in total. The number of hydrogen-bond acceptors (Lipinski definition) is 3. The van der Waals surface area contributed by atoms with Crippen molar-refractivity contribution in [3.63, 3.8) is 0 Å². The highest BCUT2D eigenvalue weighted by Gasteiger charge is 2.12. The van der Waals surface area contributed by atoms with Crippen LogP contribution in [0.4, 0.5) is 0 Å². The standard InChI is InChI=1S/C8H10O3S/c1-5-3-4-7(12-5)11-6(2)8(9)10/h3-4,6H,1-2H3,(H,9,10). The molecule has 1 heterocycles. The maximum atomic E-state index is 10.4. The van der Waals surface area contributed by atoms with Gasteiger partial charge >= 0.3 is 5.97 Å². The highest BCUT2D eigenvalue weighted by Crippen LogP contribution is 2.24. The molecular weight excluding hydrogens is 176 g/mol. The molecule has 0 bridgehead atoms. The van der Waals surface area contributed by atoms with Crippen LogP contribution in [0.1, 0.15) is 11.8 Å². The van der Waals surface area contributed by atoms with Gasteiger partial charge in [0.2, 0.25) is 0 Å². The van der Waals surface area contributed by atoms with Crippen LogP contribution >= 0.6 is 11.3 Å². The van der Waals surface area contributed by atoms with Crippen LogP contribution < -0.4 is 4.74 Å². The van der Waals surface area contributed by atoms with E-state index >= 15 is 0 Å². The van der Waals surface area contributed by atoms with Crippen molar-refractivity contribution in [2.45, 2.75) is 20.0 Å².